The van der Waals surface area contributed by atoms with Gasteiger partial charge in [-0.1, -0.05) is 12.5 Å². The van der Waals surface area contributed by atoms with Crippen molar-refractivity contribution in [1.29, 1.82) is 5.26 Å². The van der Waals surface area contributed by atoms with Crippen LogP contribution in [0.1, 0.15) is 44.6 Å². The number of hydrogen-bond donors (Lipinski definition) is 2. The third kappa shape index (κ3) is 5.98. The highest BCUT2D eigenvalue weighted by atomic mass is 19.1. The van der Waals surface area contributed by atoms with Crippen molar-refractivity contribution in [2.75, 3.05) is 0 Å². The first-order valence-corrected chi connectivity index (χ1v) is 11.3. The smallest absolute Gasteiger partial charge is 0.300 e. The number of ether oxygens (including phenoxy) is 1. The van der Waals surface area contributed by atoms with Crippen LogP contribution in [0.4, 0.5) is 4.39 Å². The number of halogens is 1. The molecule has 2 aromatic carbocycles. The first-order valence-electron chi connectivity index (χ1n) is 11.3. The molecular weight excluding hydrogens is 449 g/mol. The second-order valence-corrected chi connectivity index (χ2v) is 8.26. The number of benzene rings is 2. The van der Waals surface area contributed by atoms with Gasteiger partial charge in [-0.25, -0.2) is 19.3 Å². The van der Waals surface area contributed by atoms with E-state index in [1.54, 1.807) is 42.7 Å². The first kappa shape index (κ1) is 23.8. The molecule has 8 nitrogen and oxygen atoms in total. The fourth-order valence-corrected chi connectivity index (χ4v) is 3.95. The molecule has 4 aromatic rings. The van der Waals surface area contributed by atoms with Gasteiger partial charge >= 0.3 is 0 Å². The zero-order valence-corrected chi connectivity index (χ0v) is 19.2. The van der Waals surface area contributed by atoms with Gasteiger partial charge < -0.3 is 14.8 Å². The Morgan fingerprint density at radius 2 is 1.91 bits per heavy atom. The second-order valence-electron chi connectivity index (χ2n) is 8.26. The van der Waals surface area contributed by atoms with Crippen molar-refractivity contribution in [3.05, 3.63) is 60.2 Å². The number of hydrogen-bond acceptors (Lipinski definition) is 6. The summed E-state index contributed by atoms with van der Waals surface area (Å²) >= 11 is 0. The fourth-order valence-electron chi connectivity index (χ4n) is 3.95. The van der Waals surface area contributed by atoms with Crippen molar-refractivity contribution in [3.63, 3.8) is 0 Å². The number of H-pyrrole nitrogens is 1. The Labute approximate surface area is 201 Å². The highest BCUT2D eigenvalue weighted by Gasteiger charge is 2.16. The summed E-state index contributed by atoms with van der Waals surface area (Å²) in [7, 11) is 0. The van der Waals surface area contributed by atoms with E-state index in [0.717, 1.165) is 19.8 Å². The number of carboxylic acids is 1. The molecule has 2 heterocycles. The number of nitrogens with one attached hydrogen (secondary N) is 1. The molecule has 0 unspecified atom stereocenters. The summed E-state index contributed by atoms with van der Waals surface area (Å²) in [6.45, 7) is 1.08. The number of carbonyl (C=O) groups is 1. The van der Waals surface area contributed by atoms with Gasteiger partial charge in [-0.3, -0.25) is 4.79 Å². The maximum atomic E-state index is 14.9. The largest absolute Gasteiger partial charge is 0.481 e. The van der Waals surface area contributed by atoms with Crippen LogP contribution >= 0.6 is 0 Å². The Bertz CT molecular complexity index is 1370. The molecule has 0 saturated heterocycles. The van der Waals surface area contributed by atoms with E-state index in [9.17, 15) is 4.39 Å². The molecule has 0 spiro atoms. The summed E-state index contributed by atoms with van der Waals surface area (Å²) in [5, 5.41) is 16.5. The first-order chi connectivity index (χ1) is 16.9. The molecule has 9 heteroatoms. The zero-order chi connectivity index (χ0) is 24.8. The van der Waals surface area contributed by atoms with Gasteiger partial charge in [-0.15, -0.1) is 0 Å². The Kier molecular flexibility index (Phi) is 7.31. The van der Waals surface area contributed by atoms with Crippen molar-refractivity contribution in [2.24, 2.45) is 0 Å². The van der Waals surface area contributed by atoms with E-state index in [1.807, 2.05) is 0 Å². The molecule has 2 aromatic heterocycles. The molecule has 0 aliphatic heterocycles. The normalized spacial score (nSPS) is 13.5. The van der Waals surface area contributed by atoms with E-state index >= 15 is 0 Å². The van der Waals surface area contributed by atoms with Crippen LogP contribution in [0, 0.1) is 17.1 Å². The van der Waals surface area contributed by atoms with E-state index in [2.05, 4.69) is 26.0 Å². The van der Waals surface area contributed by atoms with E-state index < -0.39 is 11.8 Å². The number of aliphatic carboxylic acids is 1. The van der Waals surface area contributed by atoms with Gasteiger partial charge in [0.05, 0.1) is 46.3 Å². The standard InChI is InChI=1S/C24H20FN5O.C2H4O2/c25-19-11-16(22-13-28-23(14-27-22)31-17-4-2-1-3-5-17)7-8-18(19)24-29-20-9-6-15(12-26)10-21(20)30-24;1-2(3)4/h6-11,13-14,17H,1-5H2,(H,29,30);1H3,(H,3,4). The minimum Gasteiger partial charge on any atom is -0.481 e. The maximum Gasteiger partial charge on any atom is 0.300 e. The van der Waals surface area contributed by atoms with Crippen LogP contribution in [0.15, 0.2) is 48.8 Å². The quantitative estimate of drug-likeness (QED) is 0.401. The Balaban J connectivity index is 0.000000672. The van der Waals surface area contributed by atoms with Gasteiger partial charge in [-0.05, 0) is 56.0 Å². The van der Waals surface area contributed by atoms with Crippen LogP contribution in [-0.4, -0.2) is 37.1 Å². The number of aromatic amines is 1. The summed E-state index contributed by atoms with van der Waals surface area (Å²) in [5.41, 5.74) is 3.44. The average molecular weight is 474 g/mol. The second kappa shape index (κ2) is 10.7. The molecule has 0 atom stereocenters. The number of imidazole rings is 1. The molecule has 178 valence electrons. The van der Waals surface area contributed by atoms with Gasteiger partial charge in [-0.2, -0.15) is 5.26 Å². The monoisotopic (exact) mass is 473 g/mol. The molecule has 1 saturated carbocycles. The summed E-state index contributed by atoms with van der Waals surface area (Å²) < 4.78 is 20.8. The van der Waals surface area contributed by atoms with Gasteiger partial charge in [0.1, 0.15) is 17.7 Å². The lowest BCUT2D eigenvalue weighted by Gasteiger charge is -2.22. The topological polar surface area (TPSA) is 125 Å². The number of nitrogens with zero attached hydrogens (tertiary/aromatic N) is 4. The Hall–Kier alpha value is -4.32. The van der Waals surface area contributed by atoms with Crippen molar-refractivity contribution in [1.82, 2.24) is 19.9 Å². The van der Waals surface area contributed by atoms with Gasteiger partial charge in [0.15, 0.2) is 0 Å². The lowest BCUT2D eigenvalue weighted by Crippen LogP contribution is -2.20. The third-order valence-electron chi connectivity index (χ3n) is 5.60. The van der Waals surface area contributed by atoms with Gasteiger partial charge in [0.25, 0.3) is 5.97 Å². The number of aromatic nitrogens is 4. The Morgan fingerprint density at radius 3 is 2.57 bits per heavy atom. The maximum absolute atomic E-state index is 14.9. The SMILES string of the molecule is CC(=O)O.N#Cc1ccc2nc(-c3ccc(-c4cnc(OC5CCCCC5)cn4)cc3F)[nH]c2c1. The number of fused-ring (bicyclic) bond motifs is 1. The molecule has 2 N–H and O–H groups in total. The van der Waals surface area contributed by atoms with Crippen LogP contribution in [0.2, 0.25) is 0 Å². The zero-order valence-electron chi connectivity index (χ0n) is 19.2. The molecular formula is C26H24FN5O3. The fraction of sp³-hybridized carbons (Fsp3) is 0.269. The third-order valence-corrected chi connectivity index (χ3v) is 5.60. The summed E-state index contributed by atoms with van der Waals surface area (Å²) in [6.07, 6.45) is 9.16. The molecule has 1 aliphatic carbocycles. The highest BCUT2D eigenvalue weighted by molar-refractivity contribution is 5.81. The molecule has 0 bridgehead atoms. The number of nitriles is 1. The van der Waals surface area contributed by atoms with Crippen molar-refractivity contribution < 1.29 is 19.0 Å². The summed E-state index contributed by atoms with van der Waals surface area (Å²) in [6, 6.07) is 12.1. The molecule has 35 heavy (non-hydrogen) atoms. The molecule has 5 rings (SSSR count). The van der Waals surface area contributed by atoms with E-state index in [-0.39, 0.29) is 6.10 Å². The lowest BCUT2D eigenvalue weighted by atomic mass is 9.98. The number of rotatable bonds is 4. The summed E-state index contributed by atoms with van der Waals surface area (Å²) in [5.74, 6) is -0.329. The van der Waals surface area contributed by atoms with Crippen LogP contribution in [-0.2, 0) is 4.79 Å². The predicted molar refractivity (Wildman–Crippen MR) is 128 cm³/mol. The van der Waals surface area contributed by atoms with Gasteiger partial charge in [0.2, 0.25) is 5.88 Å². The minimum absolute atomic E-state index is 0.207. The Morgan fingerprint density at radius 1 is 1.14 bits per heavy atom. The molecule has 0 radical (unpaired) electrons. The molecule has 0 amide bonds. The van der Waals surface area contributed by atoms with E-state index in [1.165, 1.54) is 25.3 Å². The van der Waals surface area contributed by atoms with Crippen molar-refractivity contribution in [3.8, 4) is 34.6 Å². The van der Waals surface area contributed by atoms with Crippen LogP contribution in [0.25, 0.3) is 33.7 Å². The van der Waals surface area contributed by atoms with Crippen molar-refractivity contribution in [2.45, 2.75) is 45.1 Å². The van der Waals surface area contributed by atoms with E-state index in [0.29, 0.717) is 45.1 Å². The predicted octanol–water partition coefficient (Wildman–Crippen LogP) is 5.50. The average Bonchev–Trinajstić information content (AvgIpc) is 3.27. The molecule has 1 fully saturated rings. The molecule has 1 aliphatic rings. The highest BCUT2D eigenvalue weighted by Crippen LogP contribution is 2.28. The van der Waals surface area contributed by atoms with E-state index in [4.69, 9.17) is 19.9 Å². The van der Waals surface area contributed by atoms with Crippen LogP contribution < -0.4 is 4.74 Å². The number of carboxylic acid groups (broad SMARTS) is 1. The minimum atomic E-state index is -0.833. The lowest BCUT2D eigenvalue weighted by molar-refractivity contribution is -0.134. The van der Waals surface area contributed by atoms with Crippen LogP contribution in [0.5, 0.6) is 5.88 Å². The van der Waals surface area contributed by atoms with Crippen molar-refractivity contribution >= 4 is 17.0 Å². The van der Waals surface area contributed by atoms with Crippen LogP contribution in [0.3, 0.4) is 0 Å². The summed E-state index contributed by atoms with van der Waals surface area (Å²) in [4.78, 5) is 25.3. The van der Waals surface area contributed by atoms with Gasteiger partial charge in [0, 0.05) is 12.5 Å².